The van der Waals surface area contributed by atoms with E-state index in [4.69, 9.17) is 0 Å². The molecule has 7 heteroatoms. The van der Waals surface area contributed by atoms with Crippen molar-refractivity contribution in [2.75, 3.05) is 0 Å². The van der Waals surface area contributed by atoms with Crippen molar-refractivity contribution in [3.8, 4) is 0 Å². The second-order valence-corrected chi connectivity index (χ2v) is 17.0. The molecule has 0 bridgehead atoms. The van der Waals surface area contributed by atoms with E-state index in [1.54, 1.807) is 0 Å². The van der Waals surface area contributed by atoms with Crippen molar-refractivity contribution in [3.05, 3.63) is 119 Å². The first kappa shape index (κ1) is 34.5. The molecular formula is C36H42F2O3S2. The first-order valence-corrected chi connectivity index (χ1v) is 16.8. The maximum absolute atomic E-state index is 12.5. The number of hydrogen-bond donors (Lipinski definition) is 0. The van der Waals surface area contributed by atoms with Crippen LogP contribution in [-0.4, -0.2) is 13.0 Å². The minimum Gasteiger partial charge on any atom is -0.744 e. The number of rotatable bonds is 4. The van der Waals surface area contributed by atoms with Crippen molar-refractivity contribution >= 4 is 21.0 Å². The molecule has 0 amide bonds. The molecule has 0 aliphatic carbocycles. The molecule has 0 unspecified atom stereocenters. The fourth-order valence-corrected chi connectivity index (χ4v) is 6.93. The standard InChI is InChI=1S/C30H39S.C6H4F2O3S/c1-28(2,3)22-10-16-25(17-11-22)31(26-18-12-23(13-19-26)29(4,5)6)27-20-14-24(15-21-27)30(7,8)9;7-4-1-2-6(5(8)3-4)12(9,10)11/h10-21H,1-9H3;1-3H,(H,9,10,11)/q+1;/p-1. The van der Waals surface area contributed by atoms with Crippen LogP contribution in [-0.2, 0) is 37.3 Å². The maximum Gasteiger partial charge on any atom is 0.166 e. The van der Waals surface area contributed by atoms with Gasteiger partial charge in [-0.15, -0.1) is 0 Å². The molecule has 0 fully saturated rings. The van der Waals surface area contributed by atoms with Gasteiger partial charge in [-0.3, -0.25) is 0 Å². The zero-order valence-corrected chi connectivity index (χ0v) is 28.1. The summed E-state index contributed by atoms with van der Waals surface area (Å²) in [5, 5.41) is 0. The number of halogens is 2. The maximum atomic E-state index is 12.5. The molecule has 3 nitrogen and oxygen atoms in total. The van der Waals surface area contributed by atoms with E-state index in [9.17, 15) is 21.8 Å². The van der Waals surface area contributed by atoms with Gasteiger partial charge in [0, 0.05) is 6.07 Å². The van der Waals surface area contributed by atoms with E-state index in [-0.39, 0.29) is 27.1 Å². The lowest BCUT2D eigenvalue weighted by Crippen LogP contribution is -2.13. The highest BCUT2D eigenvalue weighted by atomic mass is 32.2. The van der Waals surface area contributed by atoms with E-state index in [0.29, 0.717) is 18.2 Å². The van der Waals surface area contributed by atoms with E-state index in [1.165, 1.54) is 31.4 Å². The Kier molecular flexibility index (Phi) is 10.4. The van der Waals surface area contributed by atoms with E-state index in [2.05, 4.69) is 135 Å². The van der Waals surface area contributed by atoms with Gasteiger partial charge in [-0.25, -0.2) is 17.2 Å². The Labute approximate surface area is 259 Å². The van der Waals surface area contributed by atoms with E-state index >= 15 is 0 Å². The summed E-state index contributed by atoms with van der Waals surface area (Å²) in [5.41, 5.74) is 4.64. The Bertz CT molecular complexity index is 1490. The molecule has 4 aromatic carbocycles. The Morgan fingerprint density at radius 3 is 1.07 bits per heavy atom. The summed E-state index contributed by atoms with van der Waals surface area (Å²) >= 11 is 0. The van der Waals surface area contributed by atoms with Gasteiger partial charge < -0.3 is 4.55 Å². The van der Waals surface area contributed by atoms with Crippen LogP contribution in [0.2, 0.25) is 0 Å². The number of benzene rings is 4. The second-order valence-electron chi connectivity index (χ2n) is 13.7. The van der Waals surface area contributed by atoms with Crippen LogP contribution >= 0.6 is 0 Å². The highest BCUT2D eigenvalue weighted by Gasteiger charge is 2.30. The van der Waals surface area contributed by atoms with Crippen molar-refractivity contribution in [1.82, 2.24) is 0 Å². The third-order valence-corrected chi connectivity index (χ3v) is 10.1. The number of hydrogen-bond acceptors (Lipinski definition) is 3. The Morgan fingerprint density at radius 2 is 0.837 bits per heavy atom. The van der Waals surface area contributed by atoms with Crippen LogP contribution in [0, 0.1) is 11.6 Å². The molecule has 0 spiro atoms. The third-order valence-electron chi connectivity index (χ3n) is 7.03. The molecule has 0 aromatic heterocycles. The fraction of sp³-hybridized carbons (Fsp3) is 0.333. The Balaban J connectivity index is 0.000000353. The van der Waals surface area contributed by atoms with Gasteiger partial charge in [-0.05, 0) is 81.5 Å². The molecular weight excluding hydrogens is 583 g/mol. The smallest absolute Gasteiger partial charge is 0.166 e. The molecule has 0 heterocycles. The van der Waals surface area contributed by atoms with Crippen LogP contribution < -0.4 is 0 Å². The minimum absolute atomic E-state index is 0.120. The lowest BCUT2D eigenvalue weighted by molar-refractivity contribution is 0.453. The zero-order valence-electron chi connectivity index (χ0n) is 26.5. The molecule has 0 aliphatic heterocycles. The summed E-state index contributed by atoms with van der Waals surface area (Å²) in [6, 6.07) is 29.5. The second kappa shape index (κ2) is 12.9. The predicted molar refractivity (Wildman–Crippen MR) is 172 cm³/mol. The lowest BCUT2D eigenvalue weighted by Gasteiger charge is -2.21. The summed E-state index contributed by atoms with van der Waals surface area (Å²) in [6.45, 7) is 20.5. The van der Waals surface area contributed by atoms with Crippen LogP contribution in [0.5, 0.6) is 0 Å². The minimum atomic E-state index is -4.84. The van der Waals surface area contributed by atoms with Crippen LogP contribution in [0.25, 0.3) is 0 Å². The highest BCUT2D eigenvalue weighted by Crippen LogP contribution is 2.35. The molecule has 0 atom stereocenters. The molecule has 0 saturated carbocycles. The van der Waals surface area contributed by atoms with Crippen molar-refractivity contribution in [3.63, 3.8) is 0 Å². The van der Waals surface area contributed by atoms with Gasteiger partial charge in [0.05, 0.1) is 15.8 Å². The monoisotopic (exact) mass is 624 g/mol. The summed E-state index contributed by atoms with van der Waals surface area (Å²) in [5.74, 6) is -2.30. The SMILES string of the molecule is CC(C)(C)c1ccc([S+](c2ccc(C(C)(C)C)cc2)c2ccc(C(C)(C)C)cc2)cc1.O=S(=O)([O-])c1ccc(F)cc1F. The molecule has 230 valence electrons. The van der Waals surface area contributed by atoms with E-state index < -0.39 is 26.6 Å². The van der Waals surface area contributed by atoms with Gasteiger partial charge in [0.1, 0.15) is 21.8 Å². The van der Waals surface area contributed by atoms with Crippen molar-refractivity contribution in [1.29, 1.82) is 0 Å². The molecule has 4 rings (SSSR count). The largest absolute Gasteiger partial charge is 0.744 e. The van der Waals surface area contributed by atoms with Crippen molar-refractivity contribution in [2.45, 2.75) is 98.1 Å². The van der Waals surface area contributed by atoms with E-state index in [0.717, 1.165) is 0 Å². The van der Waals surface area contributed by atoms with Crippen LogP contribution in [0.4, 0.5) is 8.78 Å². The van der Waals surface area contributed by atoms with Gasteiger partial charge in [-0.1, -0.05) is 98.7 Å². The molecule has 0 saturated heterocycles. The molecule has 0 N–H and O–H groups in total. The van der Waals surface area contributed by atoms with Gasteiger partial charge in [0.25, 0.3) is 0 Å². The lowest BCUT2D eigenvalue weighted by atomic mass is 9.87. The van der Waals surface area contributed by atoms with Crippen LogP contribution in [0.1, 0.15) is 79.0 Å². The van der Waals surface area contributed by atoms with Crippen LogP contribution in [0.15, 0.2) is 111 Å². The summed E-state index contributed by atoms with van der Waals surface area (Å²) < 4.78 is 55.5. The average Bonchev–Trinajstić information content (AvgIpc) is 2.88. The molecule has 0 aliphatic rings. The highest BCUT2D eigenvalue weighted by molar-refractivity contribution is 7.97. The van der Waals surface area contributed by atoms with E-state index in [1.807, 2.05) is 0 Å². The molecule has 43 heavy (non-hydrogen) atoms. The quantitative estimate of drug-likeness (QED) is 0.168. The van der Waals surface area contributed by atoms with Crippen LogP contribution in [0.3, 0.4) is 0 Å². The van der Waals surface area contributed by atoms with Gasteiger partial charge >= 0.3 is 0 Å². The van der Waals surface area contributed by atoms with Gasteiger partial charge in [-0.2, -0.15) is 0 Å². The topological polar surface area (TPSA) is 57.2 Å². The van der Waals surface area contributed by atoms with Gasteiger partial charge in [0.2, 0.25) is 0 Å². The normalized spacial score (nSPS) is 12.6. The summed E-state index contributed by atoms with van der Waals surface area (Å²) in [6.07, 6.45) is 0. The average molecular weight is 625 g/mol. The van der Waals surface area contributed by atoms with Crippen molar-refractivity contribution in [2.24, 2.45) is 0 Å². The Morgan fingerprint density at radius 1 is 0.535 bits per heavy atom. The van der Waals surface area contributed by atoms with Gasteiger partial charge in [0.15, 0.2) is 14.7 Å². The molecule has 4 aromatic rings. The zero-order chi connectivity index (χ0) is 32.4. The third kappa shape index (κ3) is 9.24. The predicted octanol–water partition coefficient (Wildman–Crippen LogP) is 9.54. The first-order chi connectivity index (χ1) is 19.7. The van der Waals surface area contributed by atoms with Crippen molar-refractivity contribution < 1.29 is 21.8 Å². The first-order valence-electron chi connectivity index (χ1n) is 14.1. The summed E-state index contributed by atoms with van der Waals surface area (Å²) in [4.78, 5) is 3.09. The molecule has 0 radical (unpaired) electrons. The Hall–Kier alpha value is -3.00. The fourth-order valence-electron chi connectivity index (χ4n) is 4.36. The summed E-state index contributed by atoms with van der Waals surface area (Å²) in [7, 11) is -4.96.